The SMILES string of the molecule is CCNc1nn(-c2ccc(C#N)cc2)c(N)c1S(C)(=O)=O. The topological polar surface area (TPSA) is 114 Å². The number of sulfone groups is 1. The predicted molar refractivity (Wildman–Crippen MR) is 80.0 cm³/mol. The third-order valence-electron chi connectivity index (χ3n) is 2.83. The molecule has 3 N–H and O–H groups in total. The van der Waals surface area contributed by atoms with Gasteiger partial charge in [-0.05, 0) is 31.2 Å². The Labute approximate surface area is 122 Å². The summed E-state index contributed by atoms with van der Waals surface area (Å²) in [6, 6.07) is 8.55. The van der Waals surface area contributed by atoms with E-state index in [9.17, 15) is 8.42 Å². The number of benzene rings is 1. The average molecular weight is 305 g/mol. The number of nitrogens with zero attached hydrogens (tertiary/aromatic N) is 3. The molecule has 21 heavy (non-hydrogen) atoms. The summed E-state index contributed by atoms with van der Waals surface area (Å²) in [5, 5.41) is 15.9. The van der Waals surface area contributed by atoms with Gasteiger partial charge in [-0.3, -0.25) is 0 Å². The number of hydrogen-bond donors (Lipinski definition) is 2. The molecule has 0 radical (unpaired) electrons. The molecule has 110 valence electrons. The van der Waals surface area contributed by atoms with E-state index in [4.69, 9.17) is 11.0 Å². The molecule has 8 heteroatoms. The first-order chi connectivity index (χ1) is 9.88. The van der Waals surface area contributed by atoms with Crippen molar-refractivity contribution in [3.63, 3.8) is 0 Å². The van der Waals surface area contributed by atoms with Crippen LogP contribution in [0, 0.1) is 11.3 Å². The Morgan fingerprint density at radius 2 is 2.00 bits per heavy atom. The van der Waals surface area contributed by atoms with Crippen LogP contribution in [0.25, 0.3) is 5.69 Å². The first-order valence-electron chi connectivity index (χ1n) is 6.21. The quantitative estimate of drug-likeness (QED) is 0.876. The smallest absolute Gasteiger partial charge is 0.182 e. The molecule has 0 saturated carbocycles. The van der Waals surface area contributed by atoms with E-state index in [-0.39, 0.29) is 16.5 Å². The van der Waals surface area contributed by atoms with Crippen molar-refractivity contribution < 1.29 is 8.42 Å². The first-order valence-corrected chi connectivity index (χ1v) is 8.10. The highest BCUT2D eigenvalue weighted by atomic mass is 32.2. The minimum absolute atomic E-state index is 0.0197. The van der Waals surface area contributed by atoms with Crippen LogP contribution in [-0.2, 0) is 9.84 Å². The van der Waals surface area contributed by atoms with E-state index in [1.165, 1.54) is 4.68 Å². The summed E-state index contributed by atoms with van der Waals surface area (Å²) in [5.74, 6) is 0.264. The fraction of sp³-hybridized carbons (Fsp3) is 0.231. The molecule has 0 fully saturated rings. The zero-order chi connectivity index (χ0) is 15.6. The first kappa shape index (κ1) is 14.9. The molecule has 7 nitrogen and oxygen atoms in total. The Hall–Kier alpha value is -2.53. The lowest BCUT2D eigenvalue weighted by molar-refractivity contribution is 0.602. The number of nitrogen functional groups attached to an aromatic ring is 1. The van der Waals surface area contributed by atoms with Crippen LogP contribution in [0.5, 0.6) is 0 Å². The van der Waals surface area contributed by atoms with Crippen LogP contribution < -0.4 is 11.1 Å². The standard InChI is InChI=1S/C13H15N5O2S/c1-3-16-13-11(21(2,19)20)12(15)18(17-13)10-6-4-9(8-14)5-7-10/h4-7H,3,15H2,1-2H3,(H,16,17). The van der Waals surface area contributed by atoms with E-state index in [1.807, 2.05) is 13.0 Å². The van der Waals surface area contributed by atoms with Crippen LogP contribution >= 0.6 is 0 Å². The number of aromatic nitrogens is 2. The fourth-order valence-electron chi connectivity index (χ4n) is 1.94. The number of rotatable bonds is 4. The summed E-state index contributed by atoms with van der Waals surface area (Å²) in [7, 11) is -3.51. The Morgan fingerprint density at radius 1 is 1.38 bits per heavy atom. The highest BCUT2D eigenvalue weighted by molar-refractivity contribution is 7.91. The van der Waals surface area contributed by atoms with Gasteiger partial charge >= 0.3 is 0 Å². The summed E-state index contributed by atoms with van der Waals surface area (Å²) in [4.78, 5) is -0.0197. The Balaban J connectivity index is 2.62. The van der Waals surface area contributed by atoms with Crippen molar-refractivity contribution in [2.24, 2.45) is 0 Å². The molecular formula is C13H15N5O2S. The van der Waals surface area contributed by atoms with Gasteiger partial charge in [-0.25, -0.2) is 13.1 Å². The lowest BCUT2D eigenvalue weighted by Gasteiger charge is -2.04. The number of nitriles is 1. The molecule has 1 heterocycles. The van der Waals surface area contributed by atoms with Crippen molar-refractivity contribution in [3.05, 3.63) is 29.8 Å². The summed E-state index contributed by atoms with van der Waals surface area (Å²) < 4.78 is 25.1. The van der Waals surface area contributed by atoms with E-state index < -0.39 is 9.84 Å². The van der Waals surface area contributed by atoms with E-state index in [0.717, 1.165) is 6.26 Å². The zero-order valence-electron chi connectivity index (χ0n) is 11.7. The molecule has 2 rings (SSSR count). The Kier molecular flexibility index (Phi) is 3.86. The molecule has 0 aliphatic carbocycles. The summed E-state index contributed by atoms with van der Waals surface area (Å²) in [6.45, 7) is 2.36. The third kappa shape index (κ3) is 2.83. The second-order valence-corrected chi connectivity index (χ2v) is 6.39. The largest absolute Gasteiger partial charge is 0.382 e. The summed E-state index contributed by atoms with van der Waals surface area (Å²) >= 11 is 0. The van der Waals surface area contributed by atoms with E-state index >= 15 is 0 Å². The van der Waals surface area contributed by atoms with Crippen molar-refractivity contribution in [1.29, 1.82) is 5.26 Å². The Bertz CT molecular complexity index is 800. The molecule has 0 amide bonds. The molecule has 0 unspecified atom stereocenters. The second-order valence-electron chi connectivity index (χ2n) is 4.44. The zero-order valence-corrected chi connectivity index (χ0v) is 12.5. The van der Waals surface area contributed by atoms with Gasteiger partial charge < -0.3 is 11.1 Å². The highest BCUT2D eigenvalue weighted by Gasteiger charge is 2.24. The monoisotopic (exact) mass is 305 g/mol. The maximum atomic E-state index is 11.9. The van der Waals surface area contributed by atoms with Gasteiger partial charge in [0.15, 0.2) is 20.6 Å². The summed E-state index contributed by atoms with van der Waals surface area (Å²) in [5.41, 5.74) is 7.02. The van der Waals surface area contributed by atoms with Crippen molar-refractivity contribution in [2.75, 3.05) is 23.9 Å². The van der Waals surface area contributed by atoms with Crippen molar-refractivity contribution >= 4 is 21.5 Å². The van der Waals surface area contributed by atoms with Gasteiger partial charge in [0, 0.05) is 12.8 Å². The molecule has 0 bridgehead atoms. The molecule has 1 aromatic heterocycles. The van der Waals surface area contributed by atoms with Gasteiger partial charge in [0.1, 0.15) is 5.82 Å². The molecule has 0 saturated heterocycles. The minimum atomic E-state index is -3.51. The maximum absolute atomic E-state index is 11.9. The van der Waals surface area contributed by atoms with Gasteiger partial charge in [-0.1, -0.05) is 0 Å². The maximum Gasteiger partial charge on any atom is 0.182 e. The highest BCUT2D eigenvalue weighted by Crippen LogP contribution is 2.29. The molecule has 0 spiro atoms. The van der Waals surface area contributed by atoms with Gasteiger partial charge in [0.25, 0.3) is 0 Å². The van der Waals surface area contributed by atoms with Crippen LogP contribution in [0.2, 0.25) is 0 Å². The van der Waals surface area contributed by atoms with Gasteiger partial charge in [-0.15, -0.1) is 5.10 Å². The van der Waals surface area contributed by atoms with Gasteiger partial charge in [-0.2, -0.15) is 5.26 Å². The Morgan fingerprint density at radius 3 is 2.48 bits per heavy atom. The molecule has 0 aliphatic heterocycles. The van der Waals surface area contributed by atoms with Gasteiger partial charge in [0.2, 0.25) is 0 Å². The fourth-order valence-corrected chi connectivity index (χ4v) is 2.87. The summed E-state index contributed by atoms with van der Waals surface area (Å²) in [6.07, 6.45) is 1.09. The minimum Gasteiger partial charge on any atom is -0.382 e. The average Bonchev–Trinajstić information content (AvgIpc) is 2.76. The molecule has 1 aromatic carbocycles. The van der Waals surface area contributed by atoms with Crippen LogP contribution in [0.1, 0.15) is 12.5 Å². The van der Waals surface area contributed by atoms with Crippen LogP contribution in [0.3, 0.4) is 0 Å². The normalized spacial score (nSPS) is 11.1. The number of nitrogens with two attached hydrogens (primary N) is 1. The van der Waals surface area contributed by atoms with E-state index in [0.29, 0.717) is 17.8 Å². The van der Waals surface area contributed by atoms with Crippen LogP contribution in [0.15, 0.2) is 29.2 Å². The van der Waals surface area contributed by atoms with E-state index in [1.54, 1.807) is 24.3 Å². The van der Waals surface area contributed by atoms with Gasteiger partial charge in [0.05, 0.1) is 17.3 Å². The van der Waals surface area contributed by atoms with Crippen LogP contribution in [-0.4, -0.2) is 31.0 Å². The predicted octanol–water partition coefficient (Wildman–Crippen LogP) is 1.16. The number of hydrogen-bond acceptors (Lipinski definition) is 6. The van der Waals surface area contributed by atoms with Crippen molar-refractivity contribution in [1.82, 2.24) is 9.78 Å². The second kappa shape index (κ2) is 5.46. The number of anilines is 2. The molecule has 2 aromatic rings. The van der Waals surface area contributed by atoms with Crippen LogP contribution in [0.4, 0.5) is 11.6 Å². The molecular weight excluding hydrogens is 290 g/mol. The third-order valence-corrected chi connectivity index (χ3v) is 3.98. The van der Waals surface area contributed by atoms with Crippen molar-refractivity contribution in [2.45, 2.75) is 11.8 Å². The molecule has 0 aliphatic rings. The number of nitrogens with one attached hydrogen (secondary N) is 1. The lowest BCUT2D eigenvalue weighted by Crippen LogP contribution is -2.06. The lowest BCUT2D eigenvalue weighted by atomic mass is 10.2. The van der Waals surface area contributed by atoms with E-state index in [2.05, 4.69) is 10.4 Å². The van der Waals surface area contributed by atoms with Crippen molar-refractivity contribution in [3.8, 4) is 11.8 Å². The molecule has 0 atom stereocenters.